The van der Waals surface area contributed by atoms with Crippen LogP contribution in [0.3, 0.4) is 0 Å². The van der Waals surface area contributed by atoms with E-state index in [2.05, 4.69) is 104 Å². The third-order valence-electron chi connectivity index (χ3n) is 11.5. The third kappa shape index (κ3) is 51.1. The first-order chi connectivity index (χ1) is 32.5. The highest BCUT2D eigenvalue weighted by atomic mass is 31.2. The molecule has 8 nitrogen and oxygen atoms in total. The number of allylic oxidation sites excluding steroid dienone is 15. The summed E-state index contributed by atoms with van der Waals surface area (Å²) in [5.74, 6) is -0.250. The molecule has 1 amide bonds. The second-order valence-corrected chi connectivity index (χ2v) is 20.7. The highest BCUT2D eigenvalue weighted by Crippen LogP contribution is 2.43. The monoisotopic (exact) mass is 956 g/mol. The first-order valence-electron chi connectivity index (χ1n) is 27.1. The Morgan fingerprint density at radius 3 is 1.37 bits per heavy atom. The van der Waals surface area contributed by atoms with Gasteiger partial charge in [0.25, 0.3) is 0 Å². The maximum Gasteiger partial charge on any atom is 0.472 e. The number of unbranched alkanes of at least 4 members (excludes halogenated alkanes) is 21. The van der Waals surface area contributed by atoms with Crippen LogP contribution in [-0.2, 0) is 18.4 Å². The number of carbonyl (C=O) groups is 1. The number of hydrogen-bond donors (Lipinski definition) is 3. The number of hydrogen-bond acceptors (Lipinski definition) is 5. The van der Waals surface area contributed by atoms with Crippen LogP contribution in [0.1, 0.15) is 213 Å². The molecule has 0 fully saturated rings. The van der Waals surface area contributed by atoms with Crippen molar-refractivity contribution in [3.8, 4) is 0 Å². The highest BCUT2D eigenvalue weighted by Gasteiger charge is 2.27. The number of aliphatic hydroxyl groups excluding tert-OH is 1. The number of phosphoric acid groups is 1. The average molecular weight is 956 g/mol. The van der Waals surface area contributed by atoms with Gasteiger partial charge in [0.1, 0.15) is 13.2 Å². The number of likely N-dealkylation sites (N-methyl/N-ethyl adjacent to an activating group) is 1. The van der Waals surface area contributed by atoms with Crippen LogP contribution >= 0.6 is 7.82 Å². The molecule has 0 aromatic rings. The fourth-order valence-corrected chi connectivity index (χ4v) is 8.02. The number of quaternary nitrogens is 1. The summed E-state index contributed by atoms with van der Waals surface area (Å²) in [6, 6.07) is -0.906. The summed E-state index contributed by atoms with van der Waals surface area (Å²) < 4.78 is 23.6. The minimum Gasteiger partial charge on any atom is -0.387 e. The Morgan fingerprint density at radius 1 is 0.522 bits per heavy atom. The molecule has 3 N–H and O–H groups in total. The van der Waals surface area contributed by atoms with E-state index in [4.69, 9.17) is 9.05 Å². The molecule has 0 rings (SSSR count). The molecule has 0 radical (unpaired) electrons. The SMILES string of the molecule is CC/C=C\C/C=C\C/C=C\C/C=C\C/C=C\CCCC(=O)NC(COP(=O)(O)OCC[N+](C)(C)C)C(O)/C=C/CC/C=C/CC/C=C/CCCCCCCCCCCCCCCCCCCC. The molecular weight excluding hydrogens is 852 g/mol. The number of nitrogens with zero attached hydrogens (tertiary/aromatic N) is 1. The summed E-state index contributed by atoms with van der Waals surface area (Å²) in [7, 11) is 1.50. The maximum atomic E-state index is 12.9. The van der Waals surface area contributed by atoms with Gasteiger partial charge >= 0.3 is 7.82 Å². The summed E-state index contributed by atoms with van der Waals surface area (Å²) >= 11 is 0. The van der Waals surface area contributed by atoms with Crippen LogP contribution in [-0.4, -0.2) is 73.4 Å². The van der Waals surface area contributed by atoms with Crippen molar-refractivity contribution < 1.29 is 32.9 Å². The van der Waals surface area contributed by atoms with Crippen molar-refractivity contribution >= 4 is 13.7 Å². The minimum absolute atomic E-state index is 0.0377. The lowest BCUT2D eigenvalue weighted by Crippen LogP contribution is -2.45. The van der Waals surface area contributed by atoms with Gasteiger partial charge in [-0.05, 0) is 83.5 Å². The summed E-state index contributed by atoms with van der Waals surface area (Å²) in [4.78, 5) is 23.2. The van der Waals surface area contributed by atoms with Gasteiger partial charge in [-0.25, -0.2) is 4.57 Å². The van der Waals surface area contributed by atoms with Gasteiger partial charge in [0.05, 0.1) is 39.9 Å². The second-order valence-electron chi connectivity index (χ2n) is 19.2. The predicted molar refractivity (Wildman–Crippen MR) is 290 cm³/mol. The summed E-state index contributed by atoms with van der Waals surface area (Å²) in [6.07, 6.45) is 69.6. The van der Waals surface area contributed by atoms with Crippen molar-refractivity contribution in [1.29, 1.82) is 0 Å². The molecule has 0 heterocycles. The van der Waals surface area contributed by atoms with Crippen LogP contribution in [0.15, 0.2) is 97.2 Å². The van der Waals surface area contributed by atoms with E-state index in [-0.39, 0.29) is 25.5 Å². The number of rotatable bonds is 48. The zero-order valence-electron chi connectivity index (χ0n) is 43.9. The predicted octanol–water partition coefficient (Wildman–Crippen LogP) is 16.3. The van der Waals surface area contributed by atoms with Crippen LogP contribution in [0.4, 0.5) is 0 Å². The average Bonchev–Trinajstić information content (AvgIpc) is 3.29. The van der Waals surface area contributed by atoms with E-state index < -0.39 is 20.0 Å². The van der Waals surface area contributed by atoms with E-state index in [1.165, 1.54) is 122 Å². The molecule has 9 heteroatoms. The first-order valence-corrected chi connectivity index (χ1v) is 28.6. The van der Waals surface area contributed by atoms with Gasteiger partial charge in [-0.3, -0.25) is 13.8 Å². The third-order valence-corrected chi connectivity index (χ3v) is 12.5. The standard InChI is InChI=1S/C58H103N2O6P/c1-6-8-10-12-14-16-18-20-22-24-25-26-27-28-29-30-31-32-33-34-36-37-39-41-43-45-47-49-51-57(61)56(55-66-67(63,64)65-54-53-60(3,4)5)59-58(62)52-50-48-46-44-42-40-38-35-23-21-19-17-15-13-11-9-7-2/h9,11,15,17,21,23,34,36,38,40-41,43-44,46,49,51,56-57,61H,6-8,10,12-14,16,18-20,22,24-33,35,37,39,42,45,47-48,50,52-55H2,1-5H3,(H-,59,62,63,64)/p+1/b11-9-,17-15-,23-21-,36-34+,40-38-,43-41+,46-44-,51-49+. The van der Waals surface area contributed by atoms with Gasteiger partial charge in [0.2, 0.25) is 5.91 Å². The second kappa shape index (κ2) is 48.4. The molecule has 0 spiro atoms. The molecule has 0 saturated carbocycles. The Hall–Kier alpha value is -2.58. The fraction of sp³-hybridized carbons (Fsp3) is 0.707. The molecule has 0 saturated heterocycles. The largest absolute Gasteiger partial charge is 0.472 e. The molecule has 0 aliphatic rings. The van der Waals surface area contributed by atoms with E-state index in [0.29, 0.717) is 17.4 Å². The zero-order valence-corrected chi connectivity index (χ0v) is 44.8. The highest BCUT2D eigenvalue weighted by molar-refractivity contribution is 7.47. The van der Waals surface area contributed by atoms with E-state index >= 15 is 0 Å². The van der Waals surface area contributed by atoms with Crippen LogP contribution in [0.5, 0.6) is 0 Å². The zero-order chi connectivity index (χ0) is 49.2. The van der Waals surface area contributed by atoms with E-state index in [0.717, 1.165) is 64.2 Å². The van der Waals surface area contributed by atoms with Gasteiger partial charge in [-0.2, -0.15) is 0 Å². The Balaban J connectivity index is 4.38. The molecule has 386 valence electrons. The van der Waals surface area contributed by atoms with Gasteiger partial charge in [-0.1, -0.05) is 220 Å². The van der Waals surface area contributed by atoms with Crippen molar-refractivity contribution in [1.82, 2.24) is 5.32 Å². The number of amides is 1. The molecule has 0 aliphatic heterocycles. The lowest BCUT2D eigenvalue weighted by Gasteiger charge is -2.25. The number of phosphoric ester groups is 1. The summed E-state index contributed by atoms with van der Waals surface area (Å²) in [6.45, 7) is 4.62. The number of carbonyl (C=O) groups excluding carboxylic acids is 1. The molecule has 3 atom stereocenters. The smallest absolute Gasteiger partial charge is 0.387 e. The van der Waals surface area contributed by atoms with Crippen molar-refractivity contribution in [2.75, 3.05) is 40.9 Å². The normalized spacial score (nSPS) is 14.8. The van der Waals surface area contributed by atoms with Crippen molar-refractivity contribution in [3.63, 3.8) is 0 Å². The van der Waals surface area contributed by atoms with Crippen molar-refractivity contribution in [2.45, 2.75) is 225 Å². The topological polar surface area (TPSA) is 105 Å². The van der Waals surface area contributed by atoms with Crippen molar-refractivity contribution in [2.24, 2.45) is 0 Å². The lowest BCUT2D eigenvalue weighted by atomic mass is 10.0. The molecule has 0 aromatic carbocycles. The quantitative estimate of drug-likeness (QED) is 0.0243. The van der Waals surface area contributed by atoms with E-state index in [1.807, 2.05) is 27.2 Å². The molecule has 0 aliphatic carbocycles. The minimum atomic E-state index is -4.38. The maximum absolute atomic E-state index is 12.9. The Labute approximate surface area is 413 Å². The van der Waals surface area contributed by atoms with E-state index in [1.54, 1.807) is 6.08 Å². The number of aliphatic hydroxyl groups is 1. The van der Waals surface area contributed by atoms with Crippen molar-refractivity contribution in [3.05, 3.63) is 97.2 Å². The molecule has 0 bridgehead atoms. The van der Waals surface area contributed by atoms with Crippen LogP contribution in [0, 0.1) is 0 Å². The van der Waals surface area contributed by atoms with Gasteiger partial charge in [0.15, 0.2) is 0 Å². The molecule has 67 heavy (non-hydrogen) atoms. The number of nitrogens with one attached hydrogen (secondary N) is 1. The van der Waals surface area contributed by atoms with Gasteiger partial charge < -0.3 is 19.8 Å². The van der Waals surface area contributed by atoms with Gasteiger partial charge in [-0.15, -0.1) is 0 Å². The van der Waals surface area contributed by atoms with E-state index in [9.17, 15) is 19.4 Å². The fourth-order valence-electron chi connectivity index (χ4n) is 7.29. The van der Waals surface area contributed by atoms with Crippen LogP contribution < -0.4 is 5.32 Å². The Kier molecular flexibility index (Phi) is 46.6. The molecule has 3 unspecified atom stereocenters. The lowest BCUT2D eigenvalue weighted by molar-refractivity contribution is -0.870. The summed E-state index contributed by atoms with van der Waals surface area (Å²) in [5, 5.41) is 13.8. The Bertz CT molecular complexity index is 1410. The molecule has 0 aromatic heterocycles. The van der Waals surface area contributed by atoms with Gasteiger partial charge in [0, 0.05) is 6.42 Å². The molecular formula is C58H104N2O6P+. The summed E-state index contributed by atoms with van der Waals surface area (Å²) in [5.41, 5.74) is 0. The first kappa shape index (κ1) is 64.4. The van der Waals surface area contributed by atoms with Crippen LogP contribution in [0.25, 0.3) is 0 Å². The van der Waals surface area contributed by atoms with Crippen LogP contribution in [0.2, 0.25) is 0 Å². The Morgan fingerprint density at radius 2 is 0.910 bits per heavy atom.